The molecular formula is C15H19N3O3. The van der Waals surface area contributed by atoms with Crippen LogP contribution in [0.25, 0.3) is 5.65 Å². The molecule has 2 rings (SSSR count). The van der Waals surface area contributed by atoms with E-state index in [9.17, 15) is 9.59 Å². The third-order valence-electron chi connectivity index (χ3n) is 3.24. The van der Waals surface area contributed by atoms with E-state index in [2.05, 4.69) is 10.3 Å². The lowest BCUT2D eigenvalue weighted by Gasteiger charge is -2.15. The van der Waals surface area contributed by atoms with E-state index in [1.54, 1.807) is 16.7 Å². The molecule has 0 spiro atoms. The second kappa shape index (κ2) is 5.95. The maximum absolute atomic E-state index is 12.2. The Morgan fingerprint density at radius 1 is 1.38 bits per heavy atom. The Kier molecular flexibility index (Phi) is 4.26. The number of aliphatic carboxylic acids is 1. The fourth-order valence-corrected chi connectivity index (χ4v) is 2.18. The number of nitrogens with one attached hydrogen (secondary N) is 1. The molecule has 2 heterocycles. The summed E-state index contributed by atoms with van der Waals surface area (Å²) in [5, 5.41) is 11.7. The first-order chi connectivity index (χ1) is 9.88. The summed E-state index contributed by atoms with van der Waals surface area (Å²) in [5.41, 5.74) is 1.84. The number of carboxylic acids is 1. The van der Waals surface area contributed by atoms with Crippen molar-refractivity contribution in [1.29, 1.82) is 0 Å². The zero-order valence-electron chi connectivity index (χ0n) is 12.3. The Hall–Kier alpha value is -2.37. The molecule has 2 N–H and O–H groups in total. The monoisotopic (exact) mass is 289 g/mol. The normalized spacial score (nSPS) is 12.6. The van der Waals surface area contributed by atoms with Crippen LogP contribution in [0.5, 0.6) is 0 Å². The van der Waals surface area contributed by atoms with E-state index >= 15 is 0 Å². The van der Waals surface area contributed by atoms with Gasteiger partial charge in [0.2, 0.25) is 0 Å². The summed E-state index contributed by atoms with van der Waals surface area (Å²) < 4.78 is 1.80. The van der Waals surface area contributed by atoms with Crippen LogP contribution in [0.2, 0.25) is 0 Å². The number of carboxylic acid groups (broad SMARTS) is 1. The van der Waals surface area contributed by atoms with Crippen LogP contribution in [-0.2, 0) is 4.79 Å². The van der Waals surface area contributed by atoms with E-state index in [1.165, 1.54) is 0 Å². The van der Waals surface area contributed by atoms with Crippen molar-refractivity contribution in [2.75, 3.05) is 0 Å². The van der Waals surface area contributed by atoms with Crippen molar-refractivity contribution in [2.45, 2.75) is 33.2 Å². The number of imidazole rings is 1. The Morgan fingerprint density at radius 2 is 2.10 bits per heavy atom. The van der Waals surface area contributed by atoms with E-state index in [0.717, 1.165) is 5.69 Å². The van der Waals surface area contributed by atoms with E-state index in [0.29, 0.717) is 12.1 Å². The van der Waals surface area contributed by atoms with Crippen molar-refractivity contribution in [1.82, 2.24) is 14.7 Å². The van der Waals surface area contributed by atoms with Crippen molar-refractivity contribution < 1.29 is 14.7 Å². The summed E-state index contributed by atoms with van der Waals surface area (Å²) >= 11 is 0. The lowest BCUT2D eigenvalue weighted by atomic mass is 10.0. The van der Waals surface area contributed by atoms with Gasteiger partial charge in [0.05, 0.1) is 0 Å². The molecular weight excluding hydrogens is 270 g/mol. The van der Waals surface area contributed by atoms with Crippen LogP contribution in [-0.4, -0.2) is 32.4 Å². The quantitative estimate of drug-likeness (QED) is 0.880. The summed E-state index contributed by atoms with van der Waals surface area (Å²) in [6.07, 6.45) is 2.00. The van der Waals surface area contributed by atoms with Crippen molar-refractivity contribution in [3.05, 3.63) is 35.8 Å². The number of fused-ring (bicyclic) bond motifs is 1. The average molecular weight is 289 g/mol. The Bertz CT molecular complexity index is 676. The lowest BCUT2D eigenvalue weighted by Crippen LogP contribution is -2.41. The molecule has 1 atom stereocenters. The van der Waals surface area contributed by atoms with Gasteiger partial charge in [-0.15, -0.1) is 0 Å². The van der Waals surface area contributed by atoms with Crippen molar-refractivity contribution in [2.24, 2.45) is 5.92 Å². The Balaban J connectivity index is 2.21. The van der Waals surface area contributed by atoms with Gasteiger partial charge >= 0.3 is 5.97 Å². The summed E-state index contributed by atoms with van der Waals surface area (Å²) in [6.45, 7) is 5.74. The largest absolute Gasteiger partial charge is 0.480 e. The highest BCUT2D eigenvalue weighted by molar-refractivity contribution is 5.95. The molecule has 0 radical (unpaired) electrons. The molecule has 2 aromatic rings. The number of aromatic nitrogens is 2. The van der Waals surface area contributed by atoms with Crippen LogP contribution in [0.15, 0.2) is 24.4 Å². The minimum atomic E-state index is -1.03. The van der Waals surface area contributed by atoms with Gasteiger partial charge in [0.1, 0.15) is 17.4 Å². The molecule has 0 aliphatic heterocycles. The fraction of sp³-hybridized carbons (Fsp3) is 0.400. The molecule has 0 fully saturated rings. The number of rotatable bonds is 5. The summed E-state index contributed by atoms with van der Waals surface area (Å²) in [7, 11) is 0. The van der Waals surface area contributed by atoms with Crippen molar-refractivity contribution in [3.63, 3.8) is 0 Å². The number of hydrogen-bond donors (Lipinski definition) is 2. The SMILES string of the molecule is Cc1cccc2nc(C(=O)N[C@@H](CC(C)C)C(=O)O)cn12. The highest BCUT2D eigenvalue weighted by atomic mass is 16.4. The molecule has 0 saturated carbocycles. The molecule has 112 valence electrons. The van der Waals surface area contributed by atoms with E-state index in [4.69, 9.17) is 5.11 Å². The standard InChI is InChI=1S/C15H19N3O3/c1-9(2)7-11(15(20)21)17-14(19)12-8-18-10(3)5-4-6-13(18)16-12/h4-6,8-9,11H,7H2,1-3H3,(H,17,19)(H,20,21)/t11-/m0/s1. The molecule has 6 heteroatoms. The minimum Gasteiger partial charge on any atom is -0.480 e. The first-order valence-electron chi connectivity index (χ1n) is 6.87. The molecule has 0 bridgehead atoms. The smallest absolute Gasteiger partial charge is 0.326 e. The summed E-state index contributed by atoms with van der Waals surface area (Å²) in [6, 6.07) is 4.67. The molecule has 0 aromatic carbocycles. The van der Waals surface area contributed by atoms with Gasteiger partial charge < -0.3 is 14.8 Å². The van der Waals surface area contributed by atoms with Gasteiger partial charge in [0, 0.05) is 11.9 Å². The molecule has 6 nitrogen and oxygen atoms in total. The van der Waals surface area contributed by atoms with Gasteiger partial charge in [-0.1, -0.05) is 19.9 Å². The number of amides is 1. The van der Waals surface area contributed by atoms with E-state index in [1.807, 2.05) is 32.9 Å². The second-order valence-corrected chi connectivity index (χ2v) is 5.52. The molecule has 2 aromatic heterocycles. The maximum Gasteiger partial charge on any atom is 0.326 e. The number of carbonyl (C=O) groups excluding carboxylic acids is 1. The second-order valence-electron chi connectivity index (χ2n) is 5.52. The first kappa shape index (κ1) is 15.0. The van der Waals surface area contributed by atoms with Crippen LogP contribution >= 0.6 is 0 Å². The number of hydrogen-bond acceptors (Lipinski definition) is 3. The minimum absolute atomic E-state index is 0.176. The summed E-state index contributed by atoms with van der Waals surface area (Å²) in [5.74, 6) is -1.32. The van der Waals surface area contributed by atoms with Crippen LogP contribution in [0, 0.1) is 12.8 Å². The van der Waals surface area contributed by atoms with Gasteiger partial charge in [0.15, 0.2) is 0 Å². The fourth-order valence-electron chi connectivity index (χ4n) is 2.18. The number of pyridine rings is 1. The van der Waals surface area contributed by atoms with Gasteiger partial charge in [0.25, 0.3) is 5.91 Å². The third-order valence-corrected chi connectivity index (χ3v) is 3.24. The van der Waals surface area contributed by atoms with Gasteiger partial charge in [-0.3, -0.25) is 4.79 Å². The van der Waals surface area contributed by atoms with E-state index < -0.39 is 17.9 Å². The Labute approximate surface area is 122 Å². The van der Waals surface area contributed by atoms with Crippen molar-refractivity contribution in [3.8, 4) is 0 Å². The molecule has 0 aliphatic rings. The van der Waals surface area contributed by atoms with Crippen LogP contribution in [0.3, 0.4) is 0 Å². The van der Waals surface area contributed by atoms with Gasteiger partial charge in [-0.25, -0.2) is 9.78 Å². The molecule has 0 saturated heterocycles. The molecule has 0 aliphatic carbocycles. The first-order valence-corrected chi connectivity index (χ1v) is 6.87. The lowest BCUT2D eigenvalue weighted by molar-refractivity contribution is -0.139. The zero-order chi connectivity index (χ0) is 15.6. The maximum atomic E-state index is 12.2. The zero-order valence-corrected chi connectivity index (χ0v) is 12.3. The third kappa shape index (κ3) is 3.39. The van der Waals surface area contributed by atoms with Crippen LogP contribution < -0.4 is 5.32 Å². The van der Waals surface area contributed by atoms with Crippen LogP contribution in [0.4, 0.5) is 0 Å². The van der Waals surface area contributed by atoms with Crippen molar-refractivity contribution >= 4 is 17.5 Å². The Morgan fingerprint density at radius 3 is 2.67 bits per heavy atom. The van der Waals surface area contributed by atoms with Gasteiger partial charge in [-0.05, 0) is 31.4 Å². The average Bonchev–Trinajstić information content (AvgIpc) is 2.82. The predicted molar refractivity (Wildman–Crippen MR) is 78.3 cm³/mol. The number of carbonyl (C=O) groups is 2. The highest BCUT2D eigenvalue weighted by Gasteiger charge is 2.23. The molecule has 21 heavy (non-hydrogen) atoms. The number of aryl methyl sites for hydroxylation is 1. The van der Waals surface area contributed by atoms with Gasteiger partial charge in [-0.2, -0.15) is 0 Å². The summed E-state index contributed by atoms with van der Waals surface area (Å²) in [4.78, 5) is 27.6. The molecule has 0 unspecified atom stereocenters. The van der Waals surface area contributed by atoms with E-state index in [-0.39, 0.29) is 11.6 Å². The molecule has 1 amide bonds. The topological polar surface area (TPSA) is 83.7 Å². The van der Waals surface area contributed by atoms with Crippen LogP contribution in [0.1, 0.15) is 36.5 Å². The highest BCUT2D eigenvalue weighted by Crippen LogP contribution is 2.10. The number of nitrogens with zero attached hydrogens (tertiary/aromatic N) is 2. The predicted octanol–water partition coefficient (Wildman–Crippen LogP) is 1.87.